The zero-order valence-corrected chi connectivity index (χ0v) is 11.0. The molecule has 1 aromatic rings. The van der Waals surface area contributed by atoms with Crippen molar-refractivity contribution < 1.29 is 23.9 Å². The minimum atomic E-state index is -0.605. The molecule has 0 aromatic heterocycles. The Labute approximate surface area is 116 Å². The number of ether oxygens (including phenoxy) is 2. The van der Waals surface area contributed by atoms with Gasteiger partial charge in [-0.1, -0.05) is 0 Å². The van der Waals surface area contributed by atoms with Crippen LogP contribution in [0.4, 0.5) is 5.69 Å². The van der Waals surface area contributed by atoms with Gasteiger partial charge in [0.1, 0.15) is 6.61 Å². The predicted octanol–water partition coefficient (Wildman–Crippen LogP) is 0.304. The molecule has 0 spiro atoms. The first-order chi connectivity index (χ1) is 9.52. The number of amides is 2. The Balaban J connectivity index is 2.38. The number of anilines is 1. The van der Waals surface area contributed by atoms with Crippen LogP contribution >= 0.6 is 0 Å². The highest BCUT2D eigenvalue weighted by atomic mass is 16.6. The molecule has 0 unspecified atom stereocenters. The lowest BCUT2D eigenvalue weighted by Gasteiger charge is -2.07. The van der Waals surface area contributed by atoms with Gasteiger partial charge in [-0.2, -0.15) is 0 Å². The summed E-state index contributed by atoms with van der Waals surface area (Å²) in [5, 5.41) is 2.51. The Hall–Kier alpha value is -2.41. The van der Waals surface area contributed by atoms with Gasteiger partial charge in [0.25, 0.3) is 5.91 Å². The molecule has 0 heterocycles. The van der Waals surface area contributed by atoms with E-state index < -0.39 is 24.4 Å². The van der Waals surface area contributed by atoms with Crippen molar-refractivity contribution in [2.45, 2.75) is 6.92 Å². The van der Waals surface area contributed by atoms with Crippen LogP contribution in [0.2, 0.25) is 0 Å². The number of hydrogen-bond acceptors (Lipinski definition) is 5. The molecule has 0 saturated carbocycles. The summed E-state index contributed by atoms with van der Waals surface area (Å²) in [7, 11) is 0. The summed E-state index contributed by atoms with van der Waals surface area (Å²) in [5.74, 6) is -1.64. The lowest BCUT2D eigenvalue weighted by Crippen LogP contribution is -2.23. The molecule has 3 N–H and O–H groups in total. The molecular formula is C13H16N2O5. The predicted molar refractivity (Wildman–Crippen MR) is 71.0 cm³/mol. The van der Waals surface area contributed by atoms with Gasteiger partial charge in [-0.3, -0.25) is 9.59 Å². The fourth-order valence-corrected chi connectivity index (χ4v) is 1.29. The number of hydrogen-bond donors (Lipinski definition) is 2. The third-order valence-electron chi connectivity index (χ3n) is 2.24. The van der Waals surface area contributed by atoms with E-state index in [-0.39, 0.29) is 6.61 Å². The average Bonchev–Trinajstić information content (AvgIpc) is 2.43. The fourth-order valence-electron chi connectivity index (χ4n) is 1.29. The molecule has 0 aliphatic carbocycles. The van der Waals surface area contributed by atoms with Crippen molar-refractivity contribution in [2.75, 3.05) is 25.1 Å². The molecule has 1 rings (SSSR count). The van der Waals surface area contributed by atoms with Gasteiger partial charge in [0, 0.05) is 17.9 Å². The lowest BCUT2D eigenvalue weighted by atomic mass is 10.2. The van der Waals surface area contributed by atoms with Gasteiger partial charge in [-0.05, 0) is 31.2 Å². The van der Waals surface area contributed by atoms with Crippen LogP contribution < -0.4 is 11.1 Å². The minimum Gasteiger partial charge on any atom is -0.454 e. The Morgan fingerprint density at radius 3 is 2.35 bits per heavy atom. The number of primary amides is 1. The zero-order valence-electron chi connectivity index (χ0n) is 11.0. The van der Waals surface area contributed by atoms with E-state index >= 15 is 0 Å². The van der Waals surface area contributed by atoms with Crippen LogP contribution in [-0.2, 0) is 19.1 Å². The number of esters is 1. The van der Waals surface area contributed by atoms with Crippen LogP contribution in [0.3, 0.4) is 0 Å². The van der Waals surface area contributed by atoms with Gasteiger partial charge in [0.15, 0.2) is 6.61 Å². The van der Waals surface area contributed by atoms with Crippen LogP contribution in [0.25, 0.3) is 0 Å². The molecule has 0 atom stereocenters. The van der Waals surface area contributed by atoms with E-state index in [1.165, 1.54) is 24.3 Å². The standard InChI is InChI=1S/C13H16N2O5/c1-2-19-8-12(17)20-7-11(16)15-10-5-3-9(4-6-10)13(14)18/h3-6H,2,7-8H2,1H3,(H2,14,18)(H,15,16). The number of benzene rings is 1. The highest BCUT2D eigenvalue weighted by molar-refractivity contribution is 5.95. The van der Waals surface area contributed by atoms with Crippen molar-refractivity contribution in [3.8, 4) is 0 Å². The van der Waals surface area contributed by atoms with Gasteiger partial charge >= 0.3 is 5.97 Å². The largest absolute Gasteiger partial charge is 0.454 e. The third-order valence-corrected chi connectivity index (χ3v) is 2.24. The molecule has 108 valence electrons. The molecule has 0 aliphatic rings. The first-order valence-corrected chi connectivity index (χ1v) is 5.96. The van der Waals surface area contributed by atoms with E-state index in [0.29, 0.717) is 17.9 Å². The Morgan fingerprint density at radius 1 is 1.15 bits per heavy atom. The van der Waals surface area contributed by atoms with Gasteiger partial charge in [0.2, 0.25) is 5.91 Å². The van der Waals surface area contributed by atoms with Crippen molar-refractivity contribution >= 4 is 23.5 Å². The van der Waals surface area contributed by atoms with E-state index in [0.717, 1.165) is 0 Å². The van der Waals surface area contributed by atoms with E-state index in [4.69, 9.17) is 10.5 Å². The zero-order chi connectivity index (χ0) is 15.0. The van der Waals surface area contributed by atoms with Crippen molar-refractivity contribution in [3.05, 3.63) is 29.8 Å². The minimum absolute atomic E-state index is 0.183. The van der Waals surface area contributed by atoms with Crippen LogP contribution in [0, 0.1) is 0 Å². The summed E-state index contributed by atoms with van der Waals surface area (Å²) < 4.78 is 9.52. The monoisotopic (exact) mass is 280 g/mol. The number of nitrogens with one attached hydrogen (secondary N) is 1. The van der Waals surface area contributed by atoms with Gasteiger partial charge < -0.3 is 20.5 Å². The molecule has 0 bridgehead atoms. The SMILES string of the molecule is CCOCC(=O)OCC(=O)Nc1ccc(C(N)=O)cc1. The molecule has 0 aliphatic heterocycles. The quantitative estimate of drug-likeness (QED) is 0.698. The number of rotatable bonds is 7. The highest BCUT2D eigenvalue weighted by Gasteiger charge is 2.08. The second-order valence-corrected chi connectivity index (χ2v) is 3.79. The third kappa shape index (κ3) is 5.49. The van der Waals surface area contributed by atoms with Crippen molar-refractivity contribution in [1.82, 2.24) is 0 Å². The average molecular weight is 280 g/mol. The van der Waals surface area contributed by atoms with Crippen molar-refractivity contribution in [3.63, 3.8) is 0 Å². The Morgan fingerprint density at radius 2 is 1.80 bits per heavy atom. The van der Waals surface area contributed by atoms with Gasteiger partial charge in [-0.15, -0.1) is 0 Å². The van der Waals surface area contributed by atoms with Crippen LogP contribution in [0.15, 0.2) is 24.3 Å². The molecule has 0 fully saturated rings. The summed E-state index contributed by atoms with van der Waals surface area (Å²) in [6.07, 6.45) is 0. The number of nitrogens with two attached hydrogens (primary N) is 1. The maximum absolute atomic E-state index is 11.5. The molecule has 20 heavy (non-hydrogen) atoms. The lowest BCUT2D eigenvalue weighted by molar-refractivity contribution is -0.151. The highest BCUT2D eigenvalue weighted by Crippen LogP contribution is 2.08. The second-order valence-electron chi connectivity index (χ2n) is 3.79. The first-order valence-electron chi connectivity index (χ1n) is 5.96. The van der Waals surface area contributed by atoms with E-state index in [9.17, 15) is 14.4 Å². The van der Waals surface area contributed by atoms with Crippen LogP contribution in [-0.4, -0.2) is 37.6 Å². The van der Waals surface area contributed by atoms with Crippen molar-refractivity contribution in [1.29, 1.82) is 0 Å². The number of carbonyl (C=O) groups is 3. The first kappa shape index (κ1) is 15.6. The summed E-state index contributed by atoms with van der Waals surface area (Å²) in [6.45, 7) is 1.56. The summed E-state index contributed by atoms with van der Waals surface area (Å²) in [5.41, 5.74) is 5.90. The molecule has 0 saturated heterocycles. The van der Waals surface area contributed by atoms with Crippen LogP contribution in [0.5, 0.6) is 0 Å². The molecule has 7 heteroatoms. The Bertz CT molecular complexity index is 484. The van der Waals surface area contributed by atoms with E-state index in [1.807, 2.05) is 0 Å². The maximum atomic E-state index is 11.5. The molecule has 7 nitrogen and oxygen atoms in total. The fraction of sp³-hybridized carbons (Fsp3) is 0.308. The molecule has 1 aromatic carbocycles. The Kier molecular flexibility index (Phi) is 6.18. The second kappa shape index (κ2) is 7.90. The van der Waals surface area contributed by atoms with Gasteiger partial charge in [0.05, 0.1) is 0 Å². The summed E-state index contributed by atoms with van der Waals surface area (Å²) in [4.78, 5) is 33.5. The summed E-state index contributed by atoms with van der Waals surface area (Å²) in [6, 6.07) is 6.03. The van der Waals surface area contributed by atoms with Gasteiger partial charge in [-0.25, -0.2) is 4.79 Å². The topological polar surface area (TPSA) is 108 Å². The maximum Gasteiger partial charge on any atom is 0.332 e. The van der Waals surface area contributed by atoms with Crippen LogP contribution in [0.1, 0.15) is 17.3 Å². The molecular weight excluding hydrogens is 264 g/mol. The smallest absolute Gasteiger partial charge is 0.332 e. The number of carbonyl (C=O) groups excluding carboxylic acids is 3. The summed E-state index contributed by atoms with van der Waals surface area (Å²) >= 11 is 0. The molecule has 0 radical (unpaired) electrons. The molecule has 2 amide bonds. The van der Waals surface area contributed by atoms with E-state index in [2.05, 4.69) is 10.1 Å². The van der Waals surface area contributed by atoms with E-state index in [1.54, 1.807) is 6.92 Å². The van der Waals surface area contributed by atoms with Crippen molar-refractivity contribution in [2.24, 2.45) is 5.73 Å². The normalized spacial score (nSPS) is 9.85.